The predicted octanol–water partition coefficient (Wildman–Crippen LogP) is -4.16. The molecule has 0 aromatic carbocycles. The Balaban J connectivity index is 0.827. The highest BCUT2D eigenvalue weighted by Crippen LogP contribution is 2.71. The van der Waals surface area contributed by atoms with Gasteiger partial charge in [-0.05, 0) is 98.2 Å². The summed E-state index contributed by atoms with van der Waals surface area (Å²) in [4.78, 5) is 23.9. The minimum atomic E-state index is -2.13. The van der Waals surface area contributed by atoms with Gasteiger partial charge in [-0.1, -0.05) is 27.7 Å². The van der Waals surface area contributed by atoms with Crippen molar-refractivity contribution in [3.63, 3.8) is 0 Å². The average molecular weight is 1210 g/mol. The summed E-state index contributed by atoms with van der Waals surface area (Å²) in [6.07, 6.45) is -35.1. The fraction of sp³-hybridized carbons (Fsp3) is 0.964. The third-order valence-electron chi connectivity index (χ3n) is 21.4. The van der Waals surface area contributed by atoms with E-state index in [4.69, 9.17) is 57.2 Å². The summed E-state index contributed by atoms with van der Waals surface area (Å²) >= 11 is 0. The highest BCUT2D eigenvalue weighted by Gasteiger charge is 2.71. The largest absolute Gasteiger partial charge is 0.481 e. The number of ether oxygens (including phenoxy) is 11. The van der Waals surface area contributed by atoms with Gasteiger partial charge >= 0.3 is 11.9 Å². The van der Waals surface area contributed by atoms with E-state index in [1.54, 1.807) is 0 Å². The number of carbonyl (C=O) groups is 2. The van der Waals surface area contributed by atoms with Gasteiger partial charge in [0, 0.05) is 12.3 Å². The molecule has 28 heteroatoms. The molecule has 0 aromatic rings. The molecule has 0 aromatic heterocycles. The van der Waals surface area contributed by atoms with E-state index in [0.29, 0.717) is 30.8 Å². The van der Waals surface area contributed by atoms with Crippen molar-refractivity contribution in [2.24, 2.45) is 52.3 Å². The van der Waals surface area contributed by atoms with Crippen molar-refractivity contribution in [3.05, 3.63) is 0 Å². The predicted molar refractivity (Wildman–Crippen MR) is 276 cm³/mol. The lowest BCUT2D eigenvalue weighted by molar-refractivity contribution is -0.404. The maximum atomic E-state index is 12.7. The quantitative estimate of drug-likeness (QED) is 0.0515. The molecule has 15 N–H and O–H groups in total. The third kappa shape index (κ3) is 11.9. The molecular weight excluding hydrogens is 1120 g/mol. The van der Waals surface area contributed by atoms with Crippen LogP contribution in [-0.2, 0) is 61.7 Å². The average Bonchev–Trinajstić information content (AvgIpc) is 4.08. The molecule has 34 atom stereocenters. The molecular formula is C56H90O28. The second-order valence-electron chi connectivity index (χ2n) is 26.9. The molecule has 10 rings (SSSR count). The Bertz CT molecular complexity index is 2250. The summed E-state index contributed by atoms with van der Waals surface area (Å²) in [7, 11) is 0. The van der Waals surface area contributed by atoms with E-state index < -0.39 is 203 Å². The Hall–Kier alpha value is -2.02. The normalized spacial score (nSPS) is 53.7. The first-order chi connectivity index (χ1) is 39.6. The van der Waals surface area contributed by atoms with Crippen molar-refractivity contribution < 1.29 is 138 Å². The summed E-state index contributed by atoms with van der Waals surface area (Å²) in [5.74, 6) is -1.81. The molecule has 0 bridgehead atoms. The van der Waals surface area contributed by atoms with E-state index in [1.165, 1.54) is 0 Å². The Kier molecular flexibility index (Phi) is 19.3. The number of aliphatic hydroxyl groups excluding tert-OH is 13. The lowest BCUT2D eigenvalue weighted by atomic mass is 9.43. The second kappa shape index (κ2) is 25.0. The van der Waals surface area contributed by atoms with Gasteiger partial charge in [0.25, 0.3) is 0 Å². The Morgan fingerprint density at radius 1 is 0.583 bits per heavy atom. The molecule has 28 nitrogen and oxygen atoms in total. The zero-order valence-electron chi connectivity index (χ0n) is 47.9. The fourth-order valence-electron chi connectivity index (χ4n) is 17.0. The van der Waals surface area contributed by atoms with Gasteiger partial charge in [0.15, 0.2) is 37.1 Å². The third-order valence-corrected chi connectivity index (χ3v) is 21.4. The molecule has 84 heavy (non-hydrogen) atoms. The lowest BCUT2D eigenvalue weighted by Crippen LogP contribution is -2.68. The lowest BCUT2D eigenvalue weighted by Gasteiger charge is -2.63. The highest BCUT2D eigenvalue weighted by molar-refractivity contribution is 5.74. The molecule has 4 aliphatic carbocycles. The molecule has 10 fully saturated rings. The first-order valence-corrected chi connectivity index (χ1v) is 29.9. The molecule has 6 saturated heterocycles. The topological polar surface area (TPSA) is 439 Å². The Morgan fingerprint density at radius 2 is 1.20 bits per heavy atom. The minimum absolute atomic E-state index is 0.0215. The summed E-state index contributed by atoms with van der Waals surface area (Å²) < 4.78 is 66.5. The molecule has 0 amide bonds. The van der Waals surface area contributed by atoms with E-state index in [2.05, 4.69) is 27.7 Å². The summed E-state index contributed by atoms with van der Waals surface area (Å²) in [6, 6.07) is 0. The maximum Gasteiger partial charge on any atom is 0.309 e. The number of carboxylic acids is 1. The first-order valence-electron chi connectivity index (χ1n) is 29.9. The van der Waals surface area contributed by atoms with Gasteiger partial charge in [0.2, 0.25) is 0 Å². The van der Waals surface area contributed by atoms with Crippen molar-refractivity contribution in [1.82, 2.24) is 0 Å². The van der Waals surface area contributed by atoms with Crippen molar-refractivity contribution in [2.45, 2.75) is 251 Å². The zero-order valence-corrected chi connectivity index (χ0v) is 47.9. The van der Waals surface area contributed by atoms with Gasteiger partial charge in [-0.3, -0.25) is 9.59 Å². The number of aliphatic carboxylic acids is 1. The number of carbonyl (C=O) groups excluding carboxylic acids is 1. The first kappa shape index (κ1) is 64.9. The van der Waals surface area contributed by atoms with Crippen LogP contribution in [0, 0.1) is 52.3 Å². The monoisotopic (exact) mass is 1210 g/mol. The van der Waals surface area contributed by atoms with E-state index in [0.717, 1.165) is 39.0 Å². The van der Waals surface area contributed by atoms with Crippen LogP contribution < -0.4 is 0 Å². The number of hydrogen-bond donors (Lipinski definition) is 15. The van der Waals surface area contributed by atoms with Gasteiger partial charge in [-0.25, -0.2) is 0 Å². The molecule has 6 aliphatic heterocycles. The number of esters is 1. The minimum Gasteiger partial charge on any atom is -0.481 e. The molecule has 0 radical (unpaired) electrons. The van der Waals surface area contributed by atoms with Crippen molar-refractivity contribution in [2.75, 3.05) is 33.0 Å². The summed E-state index contributed by atoms with van der Waals surface area (Å²) in [5, 5.41) is 165. The second-order valence-corrected chi connectivity index (χ2v) is 26.9. The Morgan fingerprint density at radius 3 is 1.87 bits per heavy atom. The van der Waals surface area contributed by atoms with Crippen LogP contribution in [0.1, 0.15) is 98.8 Å². The smallest absolute Gasteiger partial charge is 0.309 e. The SMILES string of the molecule is C[C@@H]1CC[C@@]2(OC1)O[C@H]1C[C@H]3[C@@H]4C[C@@H](O)[C@H]5C[C@@H](O[C@@H]6O[C@H](CO)[C@H](O[C@@H]7O[C@H](CO)[C@@H](O)[C@H](O[C@@H]8OC[C@@H](OC(=O)C[C@@](C)(O)CC(=O)O)[C@H](O)[C@H]8O)[C@H]7O[C@@H]7O[C@H](CO)[C@@H](O)[C@H](O)[C@H]7O)[C@H](O)[C@H]6O)[C@H](O)C[C@]5(C)[C@H]4CC[C@]3(C)[C@H]1[C@@H]2C. The van der Waals surface area contributed by atoms with Crippen LogP contribution in [0.15, 0.2) is 0 Å². The number of fused-ring (bicyclic) bond motifs is 7. The van der Waals surface area contributed by atoms with Crippen molar-refractivity contribution in [1.29, 1.82) is 0 Å². The van der Waals surface area contributed by atoms with Gasteiger partial charge in [-0.2, -0.15) is 0 Å². The van der Waals surface area contributed by atoms with Crippen LogP contribution in [0.2, 0.25) is 0 Å². The van der Waals surface area contributed by atoms with Crippen LogP contribution in [0.3, 0.4) is 0 Å². The number of rotatable bonds is 16. The number of carboxylic acid groups (broad SMARTS) is 1. The van der Waals surface area contributed by atoms with Crippen LogP contribution in [0.5, 0.6) is 0 Å². The van der Waals surface area contributed by atoms with Crippen LogP contribution in [0.4, 0.5) is 0 Å². The van der Waals surface area contributed by atoms with Gasteiger partial charge in [0.1, 0.15) is 85.5 Å². The molecule has 10 aliphatic rings. The molecule has 1 spiro atoms. The van der Waals surface area contributed by atoms with Crippen LogP contribution >= 0.6 is 0 Å². The standard InChI is InChI=1S/C56H90O28/c1-21-6-9-56(75-19-21)22(2)37-30(84-56)11-25-23-10-27(60)26-12-29(28(61)13-55(26,5)24(23)7-8-54(25,37)4)77-50-45(72)42(69)46(33(18-59)80-50)81-52-48(83-51-44(71)41(68)38(65)31(16-57)78-51)47(40(67)32(17-58)79-52)82-49-43(70)39(66)34(20-74-49)76-36(64)15-53(3,73)14-35(62)63/h21-34,37-52,57-61,65-73H,6-20H2,1-5H3,(H,62,63)/t21-,22+,23-,24+,25+,26-,27-,28-,29-,30+,31-,32-,33-,34-,37+,38-,39+,40-,41+,42-,43-,44-,45-,46+,47+,48-,49+,50-,51+,52+,53+,54+,55-,56-/m1/s1. The Labute approximate surface area is 485 Å². The van der Waals surface area contributed by atoms with E-state index >= 15 is 0 Å². The summed E-state index contributed by atoms with van der Waals surface area (Å²) in [6.45, 7) is 7.24. The van der Waals surface area contributed by atoms with Gasteiger partial charge in [0.05, 0.1) is 75.9 Å². The van der Waals surface area contributed by atoms with Crippen LogP contribution in [0.25, 0.3) is 0 Å². The zero-order chi connectivity index (χ0) is 60.9. The molecule has 0 unspecified atom stereocenters. The van der Waals surface area contributed by atoms with E-state index in [9.17, 15) is 81.1 Å². The van der Waals surface area contributed by atoms with E-state index in [1.807, 2.05) is 0 Å². The van der Waals surface area contributed by atoms with Gasteiger partial charge in [-0.15, -0.1) is 0 Å². The fourth-order valence-corrected chi connectivity index (χ4v) is 17.0. The molecule has 482 valence electrons. The number of aliphatic hydroxyl groups is 14. The van der Waals surface area contributed by atoms with Gasteiger partial charge < -0.3 is 129 Å². The highest BCUT2D eigenvalue weighted by atomic mass is 16.8. The van der Waals surface area contributed by atoms with Crippen molar-refractivity contribution >= 4 is 11.9 Å². The van der Waals surface area contributed by atoms with E-state index in [-0.39, 0.29) is 48.0 Å². The maximum absolute atomic E-state index is 12.7. The van der Waals surface area contributed by atoms with Crippen molar-refractivity contribution in [3.8, 4) is 0 Å². The number of hydrogen-bond acceptors (Lipinski definition) is 27. The molecule has 6 heterocycles. The summed E-state index contributed by atoms with van der Waals surface area (Å²) in [5.41, 5.74) is -2.58. The molecule has 4 saturated carbocycles. The van der Waals surface area contributed by atoms with Crippen LogP contribution in [-0.4, -0.2) is 274 Å².